The van der Waals surface area contributed by atoms with E-state index in [2.05, 4.69) is 22.5 Å². The molecule has 6 nitrogen and oxygen atoms in total. The first kappa shape index (κ1) is 18.4. The Labute approximate surface area is 148 Å². The van der Waals surface area contributed by atoms with Gasteiger partial charge < -0.3 is 15.5 Å². The van der Waals surface area contributed by atoms with Gasteiger partial charge in [-0.15, -0.1) is 0 Å². The third kappa shape index (κ3) is 5.60. The Morgan fingerprint density at radius 1 is 1.08 bits per heavy atom. The van der Waals surface area contributed by atoms with Gasteiger partial charge in [0.2, 0.25) is 5.91 Å². The zero-order valence-corrected chi connectivity index (χ0v) is 14.9. The van der Waals surface area contributed by atoms with Crippen molar-refractivity contribution < 1.29 is 9.59 Å². The van der Waals surface area contributed by atoms with Crippen molar-refractivity contribution in [2.45, 2.75) is 26.7 Å². The molecule has 2 aromatic rings. The van der Waals surface area contributed by atoms with Crippen molar-refractivity contribution in [3.8, 4) is 0 Å². The number of nitrogens with one attached hydrogen (secondary N) is 2. The number of nitrogens with zero attached hydrogens (tertiary/aromatic N) is 2. The fourth-order valence-corrected chi connectivity index (χ4v) is 2.32. The van der Waals surface area contributed by atoms with E-state index in [1.807, 2.05) is 30.3 Å². The van der Waals surface area contributed by atoms with E-state index >= 15 is 0 Å². The van der Waals surface area contributed by atoms with Crippen molar-refractivity contribution in [2.24, 2.45) is 0 Å². The molecule has 2 N–H and O–H groups in total. The fraction of sp³-hybridized carbons (Fsp3) is 0.316. The van der Waals surface area contributed by atoms with E-state index in [1.54, 1.807) is 24.2 Å². The number of rotatable bonds is 7. The molecule has 2 rings (SSSR count). The number of pyridine rings is 1. The smallest absolute Gasteiger partial charge is 0.272 e. The summed E-state index contributed by atoms with van der Waals surface area (Å²) < 4.78 is 0. The Morgan fingerprint density at radius 3 is 2.40 bits per heavy atom. The number of aromatic nitrogens is 1. The first-order valence-electron chi connectivity index (χ1n) is 8.35. The molecular formula is C19H24N4O2. The monoisotopic (exact) mass is 340 g/mol. The first-order valence-corrected chi connectivity index (χ1v) is 8.35. The van der Waals surface area contributed by atoms with Crippen molar-refractivity contribution in [3.63, 3.8) is 0 Å². The molecule has 1 aromatic carbocycles. The highest BCUT2D eigenvalue weighted by molar-refractivity contribution is 5.93. The Bertz CT molecular complexity index is 728. The van der Waals surface area contributed by atoms with E-state index in [0.717, 1.165) is 36.4 Å². The van der Waals surface area contributed by atoms with Crippen molar-refractivity contribution in [1.82, 2.24) is 9.88 Å². The minimum Gasteiger partial charge on any atom is -0.355 e. The second-order valence-electron chi connectivity index (χ2n) is 5.89. The van der Waals surface area contributed by atoms with Gasteiger partial charge in [-0.2, -0.15) is 0 Å². The summed E-state index contributed by atoms with van der Waals surface area (Å²) in [5.41, 5.74) is 2.80. The van der Waals surface area contributed by atoms with Crippen LogP contribution in [0.15, 0.2) is 42.6 Å². The van der Waals surface area contributed by atoms with Crippen LogP contribution in [0.25, 0.3) is 0 Å². The lowest BCUT2D eigenvalue weighted by Crippen LogP contribution is -2.28. The van der Waals surface area contributed by atoms with Crippen LogP contribution in [0.2, 0.25) is 0 Å². The van der Waals surface area contributed by atoms with Crippen molar-refractivity contribution >= 4 is 28.9 Å². The van der Waals surface area contributed by atoms with Gasteiger partial charge in [-0.25, -0.2) is 0 Å². The molecule has 0 fully saturated rings. The Kier molecular flexibility index (Phi) is 6.51. The molecule has 25 heavy (non-hydrogen) atoms. The van der Waals surface area contributed by atoms with Crippen molar-refractivity contribution in [3.05, 3.63) is 48.3 Å². The second kappa shape index (κ2) is 8.82. The van der Waals surface area contributed by atoms with E-state index in [1.165, 1.54) is 6.92 Å². The molecule has 1 heterocycles. The van der Waals surface area contributed by atoms with E-state index < -0.39 is 0 Å². The van der Waals surface area contributed by atoms with Crippen LogP contribution in [0.4, 0.5) is 17.1 Å². The van der Waals surface area contributed by atoms with Gasteiger partial charge in [0, 0.05) is 43.8 Å². The van der Waals surface area contributed by atoms with Gasteiger partial charge in [-0.1, -0.05) is 13.3 Å². The topological polar surface area (TPSA) is 74.3 Å². The zero-order valence-electron chi connectivity index (χ0n) is 14.9. The molecule has 0 aliphatic rings. The lowest BCUT2D eigenvalue weighted by atomic mass is 10.2. The number of carbonyl (C=O) groups is 2. The van der Waals surface area contributed by atoms with Crippen LogP contribution in [0, 0.1) is 0 Å². The zero-order chi connectivity index (χ0) is 18.2. The van der Waals surface area contributed by atoms with E-state index in [-0.39, 0.29) is 11.8 Å². The molecule has 132 valence electrons. The lowest BCUT2D eigenvalue weighted by molar-refractivity contribution is -0.114. The molecular weight excluding hydrogens is 316 g/mol. The molecule has 0 saturated carbocycles. The molecule has 1 aromatic heterocycles. The van der Waals surface area contributed by atoms with Gasteiger partial charge in [0.05, 0.1) is 0 Å². The summed E-state index contributed by atoms with van der Waals surface area (Å²) in [7, 11) is 1.79. The maximum absolute atomic E-state index is 12.4. The quantitative estimate of drug-likeness (QED) is 0.807. The molecule has 6 heteroatoms. The van der Waals surface area contributed by atoms with Gasteiger partial charge in [-0.05, 0) is 42.8 Å². The number of benzene rings is 1. The predicted molar refractivity (Wildman–Crippen MR) is 100 cm³/mol. The van der Waals surface area contributed by atoms with Crippen LogP contribution < -0.4 is 10.6 Å². The minimum atomic E-state index is -0.106. The van der Waals surface area contributed by atoms with E-state index in [9.17, 15) is 9.59 Å². The van der Waals surface area contributed by atoms with Crippen LogP contribution in [0.5, 0.6) is 0 Å². The molecule has 0 atom stereocenters. The first-order chi connectivity index (χ1) is 12.0. The Hall–Kier alpha value is -2.89. The fourth-order valence-electron chi connectivity index (χ4n) is 2.32. The van der Waals surface area contributed by atoms with Crippen molar-refractivity contribution in [2.75, 3.05) is 24.2 Å². The van der Waals surface area contributed by atoms with Gasteiger partial charge in [0.25, 0.3) is 5.91 Å². The van der Waals surface area contributed by atoms with E-state index in [0.29, 0.717) is 5.69 Å². The van der Waals surface area contributed by atoms with Crippen LogP contribution in [-0.4, -0.2) is 35.3 Å². The number of amides is 2. The highest BCUT2D eigenvalue weighted by Gasteiger charge is 2.13. The molecule has 2 amide bonds. The molecule has 0 spiro atoms. The summed E-state index contributed by atoms with van der Waals surface area (Å²) in [6.45, 7) is 4.29. The maximum Gasteiger partial charge on any atom is 0.272 e. The molecule has 0 aliphatic carbocycles. The Balaban J connectivity index is 2.05. The van der Waals surface area contributed by atoms with Crippen LogP contribution in [0.3, 0.4) is 0 Å². The highest BCUT2D eigenvalue weighted by Crippen LogP contribution is 2.19. The molecule has 0 radical (unpaired) electrons. The van der Waals surface area contributed by atoms with Gasteiger partial charge in [0.15, 0.2) is 0 Å². The number of hydrogen-bond acceptors (Lipinski definition) is 4. The lowest BCUT2D eigenvalue weighted by Gasteiger charge is -2.16. The highest BCUT2D eigenvalue weighted by atomic mass is 16.2. The average Bonchev–Trinajstić information content (AvgIpc) is 2.60. The number of anilines is 3. The Morgan fingerprint density at radius 2 is 1.76 bits per heavy atom. The summed E-state index contributed by atoms with van der Waals surface area (Å²) in [6, 6.07) is 10.9. The number of unbranched alkanes of at least 4 members (excludes halogenated alkanes) is 1. The van der Waals surface area contributed by atoms with Crippen LogP contribution >= 0.6 is 0 Å². The summed E-state index contributed by atoms with van der Waals surface area (Å²) >= 11 is 0. The van der Waals surface area contributed by atoms with Crippen LogP contribution in [-0.2, 0) is 4.79 Å². The van der Waals surface area contributed by atoms with E-state index in [4.69, 9.17) is 0 Å². The van der Waals surface area contributed by atoms with Gasteiger partial charge in [0.1, 0.15) is 5.69 Å². The molecule has 0 saturated heterocycles. The molecule has 0 unspecified atom stereocenters. The van der Waals surface area contributed by atoms with Gasteiger partial charge >= 0.3 is 0 Å². The van der Waals surface area contributed by atoms with Crippen LogP contribution in [0.1, 0.15) is 37.2 Å². The largest absolute Gasteiger partial charge is 0.355 e. The summed E-state index contributed by atoms with van der Waals surface area (Å²) in [4.78, 5) is 29.3. The van der Waals surface area contributed by atoms with Gasteiger partial charge in [-0.3, -0.25) is 14.6 Å². The predicted octanol–water partition coefficient (Wildman–Crippen LogP) is 3.66. The molecule has 0 bridgehead atoms. The standard InChI is InChI=1S/C19H24N4O2/c1-4-5-12-23(3)19(25)18-13-17(10-11-20-18)22-16-8-6-15(7-9-16)21-14(2)24/h6-11,13H,4-5,12H2,1-3H3,(H,20,22)(H,21,24). The maximum atomic E-state index is 12.4. The average molecular weight is 340 g/mol. The third-order valence-corrected chi connectivity index (χ3v) is 3.67. The third-order valence-electron chi connectivity index (χ3n) is 3.67. The normalized spacial score (nSPS) is 10.2. The molecule has 0 aliphatic heterocycles. The SMILES string of the molecule is CCCCN(C)C(=O)c1cc(Nc2ccc(NC(C)=O)cc2)ccn1. The summed E-state index contributed by atoms with van der Waals surface area (Å²) in [5, 5.41) is 5.96. The number of carbonyl (C=O) groups excluding carboxylic acids is 2. The minimum absolute atomic E-state index is 0.0851. The summed E-state index contributed by atoms with van der Waals surface area (Å²) in [6.07, 6.45) is 3.64. The second-order valence-corrected chi connectivity index (χ2v) is 5.89. The van der Waals surface area contributed by atoms with Crippen molar-refractivity contribution in [1.29, 1.82) is 0 Å². The number of hydrogen-bond donors (Lipinski definition) is 2. The summed E-state index contributed by atoms with van der Waals surface area (Å²) in [5.74, 6) is -0.191.